The number of aliphatic hydroxyl groups excluding tert-OH is 3. The topological polar surface area (TPSA) is 89.8 Å². The Bertz CT molecular complexity index is 509. The van der Waals surface area contributed by atoms with Crippen molar-refractivity contribution in [3.63, 3.8) is 0 Å². The van der Waals surface area contributed by atoms with Gasteiger partial charge in [-0.3, -0.25) is 4.79 Å². The number of amides is 1. The van der Waals surface area contributed by atoms with Gasteiger partial charge in [0.05, 0.1) is 12.2 Å². The molecule has 2 unspecified atom stereocenters. The van der Waals surface area contributed by atoms with Gasteiger partial charge >= 0.3 is 0 Å². The zero-order chi connectivity index (χ0) is 17.7. The van der Waals surface area contributed by atoms with E-state index < -0.39 is 30.1 Å². The molecule has 1 saturated carbocycles. The summed E-state index contributed by atoms with van der Waals surface area (Å²) in [6.45, 7) is 3.56. The van der Waals surface area contributed by atoms with E-state index in [9.17, 15) is 20.1 Å². The van der Waals surface area contributed by atoms with Gasteiger partial charge in [-0.1, -0.05) is 44.2 Å². The van der Waals surface area contributed by atoms with Crippen LogP contribution in [-0.4, -0.2) is 45.6 Å². The summed E-state index contributed by atoms with van der Waals surface area (Å²) in [5, 5.41) is 33.3. The van der Waals surface area contributed by atoms with Gasteiger partial charge < -0.3 is 20.6 Å². The zero-order valence-corrected chi connectivity index (χ0v) is 14.4. The molecule has 1 aliphatic rings. The normalized spacial score (nSPS) is 26.3. The minimum absolute atomic E-state index is 0.182. The molecule has 0 bridgehead atoms. The van der Waals surface area contributed by atoms with Crippen LogP contribution in [0.1, 0.15) is 38.7 Å². The fraction of sp³-hybridized carbons (Fsp3) is 0.632. The molecule has 4 N–H and O–H groups in total. The van der Waals surface area contributed by atoms with E-state index in [1.54, 1.807) is 13.8 Å². The monoisotopic (exact) mass is 335 g/mol. The molecule has 0 spiro atoms. The quantitative estimate of drug-likeness (QED) is 0.604. The van der Waals surface area contributed by atoms with Crippen molar-refractivity contribution in [2.75, 3.05) is 0 Å². The number of hydrogen-bond donors (Lipinski definition) is 4. The zero-order valence-electron chi connectivity index (χ0n) is 14.4. The Morgan fingerprint density at radius 1 is 1.17 bits per heavy atom. The lowest BCUT2D eigenvalue weighted by molar-refractivity contribution is -0.133. The van der Waals surface area contributed by atoms with Gasteiger partial charge in [-0.2, -0.15) is 0 Å². The van der Waals surface area contributed by atoms with Crippen LogP contribution in [0.15, 0.2) is 30.3 Å². The summed E-state index contributed by atoms with van der Waals surface area (Å²) in [5.74, 6) is -1.01. The highest BCUT2D eigenvalue weighted by Gasteiger charge is 2.40. The van der Waals surface area contributed by atoms with Gasteiger partial charge in [0.25, 0.3) is 0 Å². The van der Waals surface area contributed by atoms with E-state index in [1.807, 2.05) is 30.3 Å². The van der Waals surface area contributed by atoms with Gasteiger partial charge in [0, 0.05) is 12.0 Å². The summed E-state index contributed by atoms with van der Waals surface area (Å²) in [6.07, 6.45) is 0.0836. The summed E-state index contributed by atoms with van der Waals surface area (Å²) >= 11 is 0. The Balaban J connectivity index is 2.07. The molecule has 0 radical (unpaired) electrons. The van der Waals surface area contributed by atoms with E-state index in [0.717, 1.165) is 12.0 Å². The number of rotatable bonds is 7. The molecule has 1 aromatic carbocycles. The van der Waals surface area contributed by atoms with Crippen LogP contribution in [0.4, 0.5) is 0 Å². The molecule has 1 aliphatic carbocycles. The van der Waals surface area contributed by atoms with E-state index >= 15 is 0 Å². The van der Waals surface area contributed by atoms with Crippen LogP contribution in [0.2, 0.25) is 0 Å². The lowest BCUT2D eigenvalue weighted by atomic mass is 9.89. The third-order valence-electron chi connectivity index (χ3n) is 4.93. The standard InChI is InChI=1S/C19H29NO4/c1-12(2)18(23)19(24)20-14(17-15(21)10-11-16(17)22)9-8-13-6-4-3-5-7-13/h3-7,12,14-18,21-23H,8-11H2,1-2H3,(H,20,24)/t14-,15?,16?,17?,18-/m0/s1. The molecule has 1 aromatic rings. The van der Waals surface area contributed by atoms with Crippen molar-refractivity contribution in [2.45, 2.75) is 63.9 Å². The lowest BCUT2D eigenvalue weighted by Crippen LogP contribution is -2.50. The first-order chi connectivity index (χ1) is 11.4. The van der Waals surface area contributed by atoms with Gasteiger partial charge in [0.1, 0.15) is 6.10 Å². The van der Waals surface area contributed by atoms with Crippen molar-refractivity contribution < 1.29 is 20.1 Å². The molecule has 1 fully saturated rings. The van der Waals surface area contributed by atoms with Gasteiger partial charge in [-0.25, -0.2) is 0 Å². The number of aryl methyl sites for hydroxylation is 1. The van der Waals surface area contributed by atoms with Crippen LogP contribution in [0.5, 0.6) is 0 Å². The fourth-order valence-electron chi connectivity index (χ4n) is 3.42. The molecule has 4 atom stereocenters. The lowest BCUT2D eigenvalue weighted by Gasteiger charge is -2.31. The average Bonchev–Trinajstić information content (AvgIpc) is 2.90. The second-order valence-corrected chi connectivity index (χ2v) is 7.12. The maximum absolute atomic E-state index is 12.3. The van der Waals surface area contributed by atoms with Crippen LogP contribution >= 0.6 is 0 Å². The number of benzene rings is 1. The van der Waals surface area contributed by atoms with Crippen LogP contribution in [0, 0.1) is 11.8 Å². The third-order valence-corrected chi connectivity index (χ3v) is 4.93. The molecule has 24 heavy (non-hydrogen) atoms. The van der Waals surface area contributed by atoms with E-state index in [-0.39, 0.29) is 12.0 Å². The largest absolute Gasteiger partial charge is 0.393 e. The van der Waals surface area contributed by atoms with Crippen LogP contribution < -0.4 is 5.32 Å². The predicted molar refractivity (Wildman–Crippen MR) is 92.3 cm³/mol. The van der Waals surface area contributed by atoms with E-state index in [4.69, 9.17) is 0 Å². The maximum atomic E-state index is 12.3. The predicted octanol–water partition coefficient (Wildman–Crippen LogP) is 1.25. The highest BCUT2D eigenvalue weighted by Crippen LogP contribution is 2.31. The summed E-state index contributed by atoms with van der Waals surface area (Å²) in [6, 6.07) is 9.55. The van der Waals surface area contributed by atoms with Crippen LogP contribution in [0.25, 0.3) is 0 Å². The molecule has 0 aliphatic heterocycles. The molecule has 0 saturated heterocycles. The number of aliphatic hydroxyl groups is 3. The van der Waals surface area contributed by atoms with Gasteiger partial charge in [0.15, 0.2) is 0 Å². The second kappa shape index (κ2) is 8.60. The van der Waals surface area contributed by atoms with E-state index in [0.29, 0.717) is 19.3 Å². The Hall–Kier alpha value is -1.43. The van der Waals surface area contributed by atoms with Crippen LogP contribution in [0.3, 0.4) is 0 Å². The van der Waals surface area contributed by atoms with Crippen molar-refractivity contribution in [1.29, 1.82) is 0 Å². The summed E-state index contributed by atoms with van der Waals surface area (Å²) in [5.41, 5.74) is 1.14. The van der Waals surface area contributed by atoms with E-state index in [1.165, 1.54) is 0 Å². The molecule has 134 valence electrons. The molecular weight excluding hydrogens is 306 g/mol. The minimum Gasteiger partial charge on any atom is -0.393 e. The Morgan fingerprint density at radius 3 is 2.29 bits per heavy atom. The summed E-state index contributed by atoms with van der Waals surface area (Å²) in [4.78, 5) is 12.3. The van der Waals surface area contributed by atoms with Gasteiger partial charge in [-0.05, 0) is 37.2 Å². The first-order valence-electron chi connectivity index (χ1n) is 8.78. The number of carbonyl (C=O) groups excluding carboxylic acids is 1. The van der Waals surface area contributed by atoms with Crippen molar-refractivity contribution >= 4 is 5.91 Å². The highest BCUT2D eigenvalue weighted by molar-refractivity contribution is 5.81. The first kappa shape index (κ1) is 18.9. The van der Waals surface area contributed by atoms with E-state index in [2.05, 4.69) is 5.32 Å². The van der Waals surface area contributed by atoms with Crippen molar-refractivity contribution in [3.05, 3.63) is 35.9 Å². The van der Waals surface area contributed by atoms with Crippen LogP contribution in [-0.2, 0) is 11.2 Å². The summed E-state index contributed by atoms with van der Waals surface area (Å²) < 4.78 is 0. The average molecular weight is 335 g/mol. The van der Waals surface area contributed by atoms with Gasteiger partial charge in [-0.15, -0.1) is 0 Å². The molecule has 1 amide bonds. The second-order valence-electron chi connectivity index (χ2n) is 7.12. The van der Waals surface area contributed by atoms with Gasteiger partial charge in [0.2, 0.25) is 5.91 Å². The van der Waals surface area contributed by atoms with Crippen molar-refractivity contribution in [2.24, 2.45) is 11.8 Å². The highest BCUT2D eigenvalue weighted by atomic mass is 16.3. The number of hydrogen-bond acceptors (Lipinski definition) is 4. The fourth-order valence-corrected chi connectivity index (χ4v) is 3.42. The Kier molecular flexibility index (Phi) is 6.78. The summed E-state index contributed by atoms with van der Waals surface area (Å²) in [7, 11) is 0. The van der Waals surface area contributed by atoms with Crippen molar-refractivity contribution in [1.82, 2.24) is 5.32 Å². The Morgan fingerprint density at radius 2 is 1.75 bits per heavy atom. The molecule has 2 rings (SSSR count). The third kappa shape index (κ3) is 4.79. The number of carbonyl (C=O) groups is 1. The minimum atomic E-state index is -1.08. The molecule has 5 nitrogen and oxygen atoms in total. The molecule has 0 heterocycles. The first-order valence-corrected chi connectivity index (χ1v) is 8.78. The Labute approximate surface area is 143 Å². The molecule has 5 heteroatoms. The maximum Gasteiger partial charge on any atom is 0.249 e. The number of nitrogens with one attached hydrogen (secondary N) is 1. The van der Waals surface area contributed by atoms with Crippen molar-refractivity contribution in [3.8, 4) is 0 Å². The molecular formula is C19H29NO4. The smallest absolute Gasteiger partial charge is 0.249 e. The molecule has 0 aromatic heterocycles. The SMILES string of the molecule is CC(C)[C@H](O)C(=O)N[C@@H](CCc1ccccc1)C1C(O)CCC1O.